The topological polar surface area (TPSA) is 46.3 Å². The van der Waals surface area contributed by atoms with E-state index < -0.39 is 0 Å². The van der Waals surface area contributed by atoms with E-state index in [1.54, 1.807) is 0 Å². The van der Waals surface area contributed by atoms with E-state index in [0.29, 0.717) is 12.8 Å². The van der Waals surface area contributed by atoms with E-state index >= 15 is 0 Å². The molecule has 0 saturated carbocycles. The van der Waals surface area contributed by atoms with Crippen molar-refractivity contribution in [2.24, 2.45) is 0 Å². The second-order valence-electron chi connectivity index (χ2n) is 6.21. The Labute approximate surface area is 134 Å². The van der Waals surface area contributed by atoms with Gasteiger partial charge in [-0.15, -0.1) is 0 Å². The first-order valence-electron chi connectivity index (χ1n) is 8.10. The minimum atomic E-state index is 0.312. The monoisotopic (exact) mass is 306 g/mol. The van der Waals surface area contributed by atoms with Crippen LogP contribution in [0.15, 0.2) is 42.5 Å². The zero-order valence-corrected chi connectivity index (χ0v) is 12.8. The largest absolute Gasteiger partial charge is 0.454 e. The molecule has 3 aromatic rings. The second-order valence-corrected chi connectivity index (χ2v) is 6.21. The Kier molecular flexibility index (Phi) is 2.85. The van der Waals surface area contributed by atoms with E-state index in [4.69, 9.17) is 9.47 Å². The SMILES string of the molecule is c1ccc2c3c([nH]c2c1)[C@@H](Cc1ccc2c(c1)OCO2)NCC3. The molecule has 2 aromatic carbocycles. The summed E-state index contributed by atoms with van der Waals surface area (Å²) in [5.74, 6) is 1.70. The van der Waals surface area contributed by atoms with Gasteiger partial charge in [-0.3, -0.25) is 0 Å². The molecule has 23 heavy (non-hydrogen) atoms. The smallest absolute Gasteiger partial charge is 0.231 e. The van der Waals surface area contributed by atoms with Gasteiger partial charge in [0, 0.05) is 16.6 Å². The molecule has 0 fully saturated rings. The van der Waals surface area contributed by atoms with Crippen LogP contribution in [-0.2, 0) is 12.8 Å². The summed E-state index contributed by atoms with van der Waals surface area (Å²) in [5.41, 5.74) is 5.29. The molecule has 1 atom stereocenters. The molecule has 2 aliphatic heterocycles. The van der Waals surface area contributed by atoms with E-state index in [-0.39, 0.29) is 0 Å². The van der Waals surface area contributed by atoms with Gasteiger partial charge in [-0.1, -0.05) is 24.3 Å². The lowest BCUT2D eigenvalue weighted by Gasteiger charge is -2.24. The normalized spacial score (nSPS) is 19.0. The van der Waals surface area contributed by atoms with Gasteiger partial charge >= 0.3 is 0 Å². The summed E-state index contributed by atoms with van der Waals surface area (Å²) in [7, 11) is 0. The molecule has 116 valence electrons. The van der Waals surface area contributed by atoms with E-state index in [1.165, 1.54) is 27.7 Å². The lowest BCUT2D eigenvalue weighted by molar-refractivity contribution is 0.174. The highest BCUT2D eigenvalue weighted by molar-refractivity contribution is 5.85. The molecular weight excluding hydrogens is 288 g/mol. The second kappa shape index (κ2) is 5.03. The first-order chi connectivity index (χ1) is 11.4. The highest BCUT2D eigenvalue weighted by atomic mass is 16.7. The van der Waals surface area contributed by atoms with Gasteiger partial charge in [0.25, 0.3) is 0 Å². The lowest BCUT2D eigenvalue weighted by Crippen LogP contribution is -2.31. The summed E-state index contributed by atoms with van der Waals surface area (Å²) in [6, 6.07) is 15.1. The van der Waals surface area contributed by atoms with Crippen molar-refractivity contribution >= 4 is 10.9 Å². The highest BCUT2D eigenvalue weighted by Gasteiger charge is 2.24. The van der Waals surface area contributed by atoms with Gasteiger partial charge < -0.3 is 19.8 Å². The van der Waals surface area contributed by atoms with Gasteiger partial charge in [0.15, 0.2) is 11.5 Å². The first kappa shape index (κ1) is 13.0. The average Bonchev–Trinajstić information content (AvgIpc) is 3.19. The Bertz CT molecular complexity index is 884. The predicted molar refractivity (Wildman–Crippen MR) is 89.0 cm³/mol. The van der Waals surface area contributed by atoms with Gasteiger partial charge in [0.1, 0.15) is 0 Å². The summed E-state index contributed by atoms with van der Waals surface area (Å²) in [5, 5.41) is 5.01. The van der Waals surface area contributed by atoms with Crippen LogP contribution in [0.2, 0.25) is 0 Å². The summed E-state index contributed by atoms with van der Waals surface area (Å²) in [6.45, 7) is 1.34. The van der Waals surface area contributed by atoms with Crippen molar-refractivity contribution in [2.45, 2.75) is 18.9 Å². The zero-order chi connectivity index (χ0) is 15.2. The molecule has 0 spiro atoms. The van der Waals surface area contributed by atoms with Crippen LogP contribution >= 0.6 is 0 Å². The van der Waals surface area contributed by atoms with Crippen molar-refractivity contribution in [3.05, 3.63) is 59.3 Å². The number of aromatic nitrogens is 1. The summed E-state index contributed by atoms with van der Waals surface area (Å²) >= 11 is 0. The van der Waals surface area contributed by atoms with Gasteiger partial charge in [-0.05, 0) is 48.7 Å². The van der Waals surface area contributed by atoms with Crippen LogP contribution < -0.4 is 14.8 Å². The number of para-hydroxylation sites is 1. The fraction of sp³-hybridized carbons (Fsp3) is 0.263. The maximum Gasteiger partial charge on any atom is 0.231 e. The molecule has 0 bridgehead atoms. The third-order valence-electron chi connectivity index (χ3n) is 4.84. The third-order valence-corrected chi connectivity index (χ3v) is 4.84. The van der Waals surface area contributed by atoms with Crippen molar-refractivity contribution in [3.8, 4) is 11.5 Å². The summed E-state index contributed by atoms with van der Waals surface area (Å²) in [6.07, 6.45) is 2.02. The summed E-state index contributed by atoms with van der Waals surface area (Å²) < 4.78 is 10.9. The quantitative estimate of drug-likeness (QED) is 0.763. The van der Waals surface area contributed by atoms with Gasteiger partial charge in [0.05, 0.1) is 6.04 Å². The van der Waals surface area contributed by atoms with Crippen molar-refractivity contribution in [3.63, 3.8) is 0 Å². The number of nitrogens with one attached hydrogen (secondary N) is 2. The number of benzene rings is 2. The number of H-pyrrole nitrogens is 1. The zero-order valence-electron chi connectivity index (χ0n) is 12.8. The van der Waals surface area contributed by atoms with Crippen LogP contribution in [0, 0.1) is 0 Å². The molecule has 4 nitrogen and oxygen atoms in total. The number of aromatic amines is 1. The molecule has 2 N–H and O–H groups in total. The Hall–Kier alpha value is -2.46. The summed E-state index contributed by atoms with van der Waals surface area (Å²) in [4.78, 5) is 3.62. The van der Waals surface area contributed by atoms with Crippen molar-refractivity contribution in [1.82, 2.24) is 10.3 Å². The molecule has 0 unspecified atom stereocenters. The van der Waals surface area contributed by atoms with Gasteiger partial charge in [-0.2, -0.15) is 0 Å². The van der Waals surface area contributed by atoms with Crippen LogP contribution in [0.1, 0.15) is 22.9 Å². The number of ether oxygens (including phenoxy) is 2. The van der Waals surface area contributed by atoms with Crippen LogP contribution in [0.4, 0.5) is 0 Å². The average molecular weight is 306 g/mol. The number of fused-ring (bicyclic) bond motifs is 4. The maximum atomic E-state index is 5.50. The Morgan fingerprint density at radius 1 is 1.04 bits per heavy atom. The first-order valence-corrected chi connectivity index (χ1v) is 8.10. The van der Waals surface area contributed by atoms with E-state index in [1.807, 2.05) is 6.07 Å². The standard InChI is InChI=1S/C19H18N2O2/c1-2-4-15-13(3-1)14-7-8-20-16(19(14)21-15)9-12-5-6-17-18(10-12)23-11-22-17/h1-6,10,16,20-21H,7-9,11H2/t16-/m1/s1. The van der Waals surface area contributed by atoms with Crippen molar-refractivity contribution < 1.29 is 9.47 Å². The van der Waals surface area contributed by atoms with Crippen LogP contribution in [0.3, 0.4) is 0 Å². The lowest BCUT2D eigenvalue weighted by atomic mass is 9.94. The van der Waals surface area contributed by atoms with Gasteiger partial charge in [0.2, 0.25) is 6.79 Å². The van der Waals surface area contributed by atoms with Crippen molar-refractivity contribution in [1.29, 1.82) is 0 Å². The van der Waals surface area contributed by atoms with E-state index in [0.717, 1.165) is 30.9 Å². The number of hydrogen-bond acceptors (Lipinski definition) is 3. The minimum Gasteiger partial charge on any atom is -0.454 e. The van der Waals surface area contributed by atoms with Crippen LogP contribution in [0.5, 0.6) is 11.5 Å². The molecule has 3 heterocycles. The Balaban J connectivity index is 1.51. The van der Waals surface area contributed by atoms with E-state index in [9.17, 15) is 0 Å². The predicted octanol–water partition coefficient (Wildman–Crippen LogP) is 3.33. The van der Waals surface area contributed by atoms with Gasteiger partial charge in [-0.25, -0.2) is 0 Å². The Morgan fingerprint density at radius 3 is 2.96 bits per heavy atom. The fourth-order valence-electron chi connectivity index (χ4n) is 3.74. The number of rotatable bonds is 2. The molecule has 4 heteroatoms. The van der Waals surface area contributed by atoms with Crippen LogP contribution in [-0.4, -0.2) is 18.3 Å². The van der Waals surface area contributed by atoms with Crippen LogP contribution in [0.25, 0.3) is 10.9 Å². The minimum absolute atomic E-state index is 0.312. The molecule has 1 aromatic heterocycles. The molecule has 2 aliphatic rings. The molecule has 0 saturated heterocycles. The fourth-order valence-corrected chi connectivity index (χ4v) is 3.74. The third kappa shape index (κ3) is 2.10. The molecule has 0 amide bonds. The molecular formula is C19H18N2O2. The van der Waals surface area contributed by atoms with Crippen molar-refractivity contribution in [2.75, 3.05) is 13.3 Å². The maximum absolute atomic E-state index is 5.50. The Morgan fingerprint density at radius 2 is 1.96 bits per heavy atom. The molecule has 0 radical (unpaired) electrons. The number of hydrogen-bond donors (Lipinski definition) is 2. The molecule has 0 aliphatic carbocycles. The van der Waals surface area contributed by atoms with E-state index in [2.05, 4.69) is 46.7 Å². The molecule has 5 rings (SSSR count). The highest BCUT2D eigenvalue weighted by Crippen LogP contribution is 2.35.